The van der Waals surface area contributed by atoms with Gasteiger partial charge in [-0.1, -0.05) is 0 Å². The number of hydrogen-bond donors (Lipinski definition) is 3. The standard InChI is InChI=1S/C13H16F2N4O4/c1-6-17-8-7(9(21)18-6)16-5-19(8)11-12(2,15)10(22)13(3-14,4-20)23-11/h5,10-11,20,22H,3-4H2,1-2H3,(H,17,18,21)/t10-,11+,12+,13+/m0/s1. The Morgan fingerprint density at radius 3 is 2.83 bits per heavy atom. The molecule has 0 saturated carbocycles. The third-order valence-corrected chi connectivity index (χ3v) is 4.16. The quantitative estimate of drug-likeness (QED) is 0.715. The molecule has 1 saturated heterocycles. The molecule has 0 aromatic carbocycles. The summed E-state index contributed by atoms with van der Waals surface area (Å²) in [7, 11) is 0. The minimum absolute atomic E-state index is 0.0359. The lowest BCUT2D eigenvalue weighted by atomic mass is 9.90. The number of aromatic amines is 1. The minimum atomic E-state index is -2.43. The highest BCUT2D eigenvalue weighted by Crippen LogP contribution is 2.47. The van der Waals surface area contributed by atoms with E-state index in [0.717, 1.165) is 17.8 Å². The normalized spacial score (nSPS) is 34.3. The first-order valence-corrected chi connectivity index (χ1v) is 6.92. The fraction of sp³-hybridized carbons (Fsp3) is 0.615. The maximum atomic E-state index is 15.0. The van der Waals surface area contributed by atoms with Crippen molar-refractivity contribution in [2.24, 2.45) is 0 Å². The van der Waals surface area contributed by atoms with E-state index in [1.807, 2.05) is 0 Å². The molecule has 1 fully saturated rings. The highest BCUT2D eigenvalue weighted by molar-refractivity contribution is 5.69. The molecule has 0 radical (unpaired) electrons. The van der Waals surface area contributed by atoms with Crippen LogP contribution in [0.4, 0.5) is 8.78 Å². The number of aromatic nitrogens is 4. The first kappa shape index (κ1) is 16.0. The van der Waals surface area contributed by atoms with Gasteiger partial charge in [0.15, 0.2) is 28.7 Å². The number of aliphatic hydroxyl groups excluding tert-OH is 2. The number of rotatable bonds is 3. The van der Waals surface area contributed by atoms with Crippen LogP contribution in [0, 0.1) is 6.92 Å². The topological polar surface area (TPSA) is 113 Å². The summed E-state index contributed by atoms with van der Waals surface area (Å²) in [6.07, 6.45) is -2.28. The van der Waals surface area contributed by atoms with Crippen LogP contribution in [0.15, 0.2) is 11.1 Å². The number of H-pyrrole nitrogens is 1. The van der Waals surface area contributed by atoms with Crippen molar-refractivity contribution in [2.75, 3.05) is 13.3 Å². The van der Waals surface area contributed by atoms with Crippen LogP contribution in [-0.4, -0.2) is 60.4 Å². The number of hydrogen-bond acceptors (Lipinski definition) is 6. The molecule has 10 heteroatoms. The Hall–Kier alpha value is -1.91. The molecular weight excluding hydrogens is 314 g/mol. The van der Waals surface area contributed by atoms with Crippen LogP contribution < -0.4 is 5.56 Å². The van der Waals surface area contributed by atoms with Crippen LogP contribution in [0.25, 0.3) is 11.2 Å². The SMILES string of the molecule is Cc1nc2c(ncn2[C@@H]2O[C@@](CO)(CF)[C@@H](O)[C@@]2(C)F)c(=O)[nH]1. The predicted octanol–water partition coefficient (Wildman–Crippen LogP) is -0.253. The molecule has 8 nitrogen and oxygen atoms in total. The maximum Gasteiger partial charge on any atom is 0.279 e. The van der Waals surface area contributed by atoms with Crippen LogP contribution >= 0.6 is 0 Å². The number of nitrogens with zero attached hydrogens (tertiary/aromatic N) is 3. The summed E-state index contributed by atoms with van der Waals surface area (Å²) in [4.78, 5) is 22.3. The van der Waals surface area contributed by atoms with E-state index in [2.05, 4.69) is 15.0 Å². The Kier molecular flexibility index (Phi) is 3.50. The average molecular weight is 330 g/mol. The van der Waals surface area contributed by atoms with Crippen LogP contribution in [0.5, 0.6) is 0 Å². The van der Waals surface area contributed by atoms with Crippen molar-refractivity contribution in [3.63, 3.8) is 0 Å². The van der Waals surface area contributed by atoms with Gasteiger partial charge >= 0.3 is 0 Å². The zero-order chi connectivity index (χ0) is 17.0. The van der Waals surface area contributed by atoms with Gasteiger partial charge in [0.2, 0.25) is 0 Å². The molecule has 2 aromatic rings. The summed E-state index contributed by atoms with van der Waals surface area (Å²) >= 11 is 0. The van der Waals surface area contributed by atoms with Gasteiger partial charge in [0.1, 0.15) is 18.6 Å². The Morgan fingerprint density at radius 1 is 1.57 bits per heavy atom. The zero-order valence-electron chi connectivity index (χ0n) is 12.5. The second kappa shape index (κ2) is 5.05. The lowest BCUT2D eigenvalue weighted by Crippen LogP contribution is -2.50. The monoisotopic (exact) mass is 330 g/mol. The molecule has 0 amide bonds. The highest BCUT2D eigenvalue weighted by atomic mass is 19.1. The van der Waals surface area contributed by atoms with Gasteiger partial charge in [-0.2, -0.15) is 0 Å². The van der Waals surface area contributed by atoms with E-state index < -0.39 is 42.4 Å². The molecular formula is C13H16F2N4O4. The van der Waals surface area contributed by atoms with Gasteiger partial charge in [-0.15, -0.1) is 0 Å². The summed E-state index contributed by atoms with van der Waals surface area (Å²) in [6, 6.07) is 0. The van der Waals surface area contributed by atoms with Gasteiger partial charge in [-0.3, -0.25) is 9.36 Å². The van der Waals surface area contributed by atoms with Crippen molar-refractivity contribution in [3.05, 3.63) is 22.5 Å². The molecule has 2 aromatic heterocycles. The van der Waals surface area contributed by atoms with Crippen LogP contribution in [0.1, 0.15) is 19.0 Å². The van der Waals surface area contributed by atoms with Crippen molar-refractivity contribution in [2.45, 2.75) is 37.4 Å². The number of halogens is 2. The Morgan fingerprint density at radius 2 is 2.26 bits per heavy atom. The van der Waals surface area contributed by atoms with Gasteiger partial charge in [0.05, 0.1) is 12.9 Å². The molecule has 3 heterocycles. The van der Waals surface area contributed by atoms with Crippen LogP contribution in [0.2, 0.25) is 0 Å². The third-order valence-electron chi connectivity index (χ3n) is 4.16. The largest absolute Gasteiger partial charge is 0.393 e. The second-order valence-corrected chi connectivity index (χ2v) is 5.86. The summed E-state index contributed by atoms with van der Waals surface area (Å²) < 4.78 is 34.8. The lowest BCUT2D eigenvalue weighted by molar-refractivity contribution is -0.137. The van der Waals surface area contributed by atoms with Crippen molar-refractivity contribution in [3.8, 4) is 0 Å². The first-order valence-electron chi connectivity index (χ1n) is 6.92. The molecule has 1 aliphatic heterocycles. The van der Waals surface area contributed by atoms with Crippen LogP contribution in [-0.2, 0) is 4.74 Å². The Balaban J connectivity index is 2.17. The van der Waals surface area contributed by atoms with E-state index in [1.165, 1.54) is 6.92 Å². The van der Waals surface area contributed by atoms with Gasteiger partial charge in [-0.05, 0) is 13.8 Å². The van der Waals surface area contributed by atoms with E-state index in [0.29, 0.717) is 0 Å². The number of nitrogens with one attached hydrogen (secondary N) is 1. The molecule has 0 spiro atoms. The summed E-state index contributed by atoms with van der Waals surface area (Å²) in [5.74, 6) is 0.280. The lowest BCUT2D eigenvalue weighted by Gasteiger charge is -2.27. The van der Waals surface area contributed by atoms with Crippen molar-refractivity contribution in [1.82, 2.24) is 19.5 Å². The molecule has 4 atom stereocenters. The van der Waals surface area contributed by atoms with Crippen molar-refractivity contribution >= 4 is 11.2 Å². The maximum absolute atomic E-state index is 15.0. The van der Waals surface area contributed by atoms with E-state index in [9.17, 15) is 19.4 Å². The van der Waals surface area contributed by atoms with Gasteiger partial charge in [0.25, 0.3) is 5.56 Å². The molecule has 3 rings (SSSR count). The third kappa shape index (κ3) is 2.09. The average Bonchev–Trinajstić information content (AvgIpc) is 2.99. The number of fused-ring (bicyclic) bond motifs is 1. The molecule has 23 heavy (non-hydrogen) atoms. The van der Waals surface area contributed by atoms with E-state index in [-0.39, 0.29) is 17.0 Å². The highest BCUT2D eigenvalue weighted by Gasteiger charge is 2.63. The smallest absolute Gasteiger partial charge is 0.279 e. The summed E-state index contributed by atoms with van der Waals surface area (Å²) in [5.41, 5.74) is -5.02. The molecule has 0 unspecified atom stereocenters. The van der Waals surface area contributed by atoms with Gasteiger partial charge < -0.3 is 19.9 Å². The van der Waals surface area contributed by atoms with Crippen LogP contribution in [0.3, 0.4) is 0 Å². The van der Waals surface area contributed by atoms with Crippen molar-refractivity contribution in [1.29, 1.82) is 0 Å². The Bertz CT molecular complexity index is 799. The fourth-order valence-corrected chi connectivity index (χ4v) is 2.86. The van der Waals surface area contributed by atoms with E-state index in [1.54, 1.807) is 0 Å². The first-order chi connectivity index (χ1) is 10.8. The molecule has 0 aliphatic carbocycles. The second-order valence-electron chi connectivity index (χ2n) is 5.86. The molecule has 1 aliphatic rings. The fourth-order valence-electron chi connectivity index (χ4n) is 2.86. The van der Waals surface area contributed by atoms with Gasteiger partial charge in [-0.25, -0.2) is 18.7 Å². The summed E-state index contributed by atoms with van der Waals surface area (Å²) in [5, 5.41) is 19.4. The number of aliphatic hydroxyl groups is 2. The van der Waals surface area contributed by atoms with E-state index in [4.69, 9.17) is 4.74 Å². The van der Waals surface area contributed by atoms with Gasteiger partial charge in [0, 0.05) is 0 Å². The molecule has 0 bridgehead atoms. The number of alkyl halides is 2. The summed E-state index contributed by atoms with van der Waals surface area (Å²) in [6.45, 7) is 0.388. The predicted molar refractivity (Wildman–Crippen MR) is 74.3 cm³/mol. The Labute approximate surface area is 128 Å². The minimum Gasteiger partial charge on any atom is -0.393 e. The molecule has 126 valence electrons. The number of aryl methyl sites for hydroxylation is 1. The number of ether oxygens (including phenoxy) is 1. The molecule has 3 N–H and O–H groups in total. The van der Waals surface area contributed by atoms with E-state index >= 15 is 4.39 Å². The van der Waals surface area contributed by atoms with Crippen molar-refractivity contribution < 1.29 is 23.7 Å². The zero-order valence-corrected chi connectivity index (χ0v) is 12.5. The number of imidazole rings is 1.